The highest BCUT2D eigenvalue weighted by Crippen LogP contribution is 2.40. The highest BCUT2D eigenvalue weighted by molar-refractivity contribution is 6.29. The largest absolute Gasteiger partial charge is 0.310 e. The van der Waals surface area contributed by atoms with Crippen LogP contribution in [0.1, 0.15) is 29.2 Å². The molecule has 3 aromatic rings. The summed E-state index contributed by atoms with van der Waals surface area (Å²) in [7, 11) is 0. The second-order valence-corrected chi connectivity index (χ2v) is 6.33. The Morgan fingerprint density at radius 3 is 2.77 bits per heavy atom. The van der Waals surface area contributed by atoms with Gasteiger partial charge in [0.25, 0.3) is 0 Å². The van der Waals surface area contributed by atoms with Crippen LogP contribution in [0.5, 0.6) is 0 Å². The summed E-state index contributed by atoms with van der Waals surface area (Å²) < 4.78 is 29.4. The van der Waals surface area contributed by atoms with Crippen molar-refractivity contribution in [2.24, 2.45) is 0 Å². The van der Waals surface area contributed by atoms with Crippen LogP contribution in [-0.2, 0) is 4.79 Å². The average molecular weight is 376 g/mol. The minimum absolute atomic E-state index is 0.00774. The van der Waals surface area contributed by atoms with Crippen LogP contribution < -0.4 is 5.32 Å². The van der Waals surface area contributed by atoms with Crippen molar-refractivity contribution in [2.45, 2.75) is 19.3 Å². The number of hydrogen-bond acceptors (Lipinski definition) is 4. The number of anilines is 1. The van der Waals surface area contributed by atoms with E-state index in [4.69, 9.17) is 11.6 Å². The maximum Gasteiger partial charge on any atom is 0.226 e. The van der Waals surface area contributed by atoms with Gasteiger partial charge in [0.15, 0.2) is 11.0 Å². The second kappa shape index (κ2) is 6.14. The first kappa shape index (κ1) is 16.6. The van der Waals surface area contributed by atoms with Gasteiger partial charge in [0.05, 0.1) is 5.69 Å². The average Bonchev–Trinajstić information content (AvgIpc) is 2.94. The van der Waals surface area contributed by atoms with Crippen LogP contribution in [0.25, 0.3) is 5.82 Å². The number of amides is 1. The molecule has 1 aromatic carbocycles. The maximum atomic E-state index is 14.3. The van der Waals surface area contributed by atoms with Crippen molar-refractivity contribution >= 4 is 23.3 Å². The van der Waals surface area contributed by atoms with Gasteiger partial charge in [-0.3, -0.25) is 4.79 Å². The number of hydrogen-bond donors (Lipinski definition) is 1. The van der Waals surface area contributed by atoms with Gasteiger partial charge in [-0.15, -0.1) is 10.2 Å². The molecule has 0 spiro atoms. The quantitative estimate of drug-likeness (QED) is 0.745. The molecule has 1 unspecified atom stereocenters. The molecule has 0 saturated carbocycles. The number of fused-ring (bicyclic) bond motifs is 1. The van der Waals surface area contributed by atoms with Crippen molar-refractivity contribution < 1.29 is 13.6 Å². The number of carbonyl (C=O) groups is 1. The molecule has 1 amide bonds. The second-order valence-electron chi connectivity index (χ2n) is 5.94. The van der Waals surface area contributed by atoms with Gasteiger partial charge in [-0.1, -0.05) is 11.6 Å². The van der Waals surface area contributed by atoms with E-state index in [9.17, 15) is 13.6 Å². The lowest BCUT2D eigenvalue weighted by Gasteiger charge is -2.24. The number of aryl methyl sites for hydroxylation is 1. The lowest BCUT2D eigenvalue weighted by atomic mass is 9.85. The Labute approximate surface area is 151 Å². The van der Waals surface area contributed by atoms with Gasteiger partial charge < -0.3 is 5.32 Å². The van der Waals surface area contributed by atoms with Crippen LogP contribution in [-0.4, -0.2) is 25.9 Å². The highest BCUT2D eigenvalue weighted by Gasteiger charge is 2.34. The van der Waals surface area contributed by atoms with Crippen molar-refractivity contribution in [3.05, 3.63) is 63.9 Å². The molecule has 1 aliphatic heterocycles. The van der Waals surface area contributed by atoms with E-state index >= 15 is 0 Å². The van der Waals surface area contributed by atoms with Crippen molar-refractivity contribution in [1.82, 2.24) is 20.0 Å². The SMILES string of the molecule is Cc1nn(-c2ccc(Cl)nn2)c2c1C(c1cc(F)ccc1F)CC(=O)N2. The molecular formula is C17H12ClF2N5O. The molecule has 132 valence electrons. The number of rotatable bonds is 2. The Hall–Kier alpha value is -2.87. The lowest BCUT2D eigenvalue weighted by molar-refractivity contribution is -0.116. The van der Waals surface area contributed by atoms with Crippen LogP contribution in [0.4, 0.5) is 14.6 Å². The maximum absolute atomic E-state index is 14.3. The molecule has 9 heteroatoms. The van der Waals surface area contributed by atoms with E-state index in [-0.39, 0.29) is 23.0 Å². The summed E-state index contributed by atoms with van der Waals surface area (Å²) in [6, 6.07) is 6.35. The summed E-state index contributed by atoms with van der Waals surface area (Å²) in [6.45, 7) is 1.74. The van der Waals surface area contributed by atoms with E-state index in [1.165, 1.54) is 4.68 Å². The van der Waals surface area contributed by atoms with E-state index in [0.29, 0.717) is 22.9 Å². The molecule has 0 fully saturated rings. The normalized spacial score (nSPS) is 16.3. The summed E-state index contributed by atoms with van der Waals surface area (Å²) >= 11 is 5.76. The number of halogens is 3. The fraction of sp³-hybridized carbons (Fsp3) is 0.176. The van der Waals surface area contributed by atoms with Crippen molar-refractivity contribution in [2.75, 3.05) is 5.32 Å². The molecule has 0 saturated heterocycles. The Kier molecular flexibility index (Phi) is 3.91. The molecule has 1 N–H and O–H groups in total. The lowest BCUT2D eigenvalue weighted by Crippen LogP contribution is -2.25. The van der Waals surface area contributed by atoms with Gasteiger partial charge in [0.2, 0.25) is 5.91 Å². The molecule has 3 heterocycles. The van der Waals surface area contributed by atoms with Crippen LogP contribution in [0.2, 0.25) is 5.15 Å². The highest BCUT2D eigenvalue weighted by atomic mass is 35.5. The zero-order valence-electron chi connectivity index (χ0n) is 13.5. The fourth-order valence-corrected chi connectivity index (χ4v) is 3.28. The number of carbonyl (C=O) groups excluding carboxylic acids is 1. The number of benzene rings is 1. The first-order chi connectivity index (χ1) is 12.4. The predicted octanol–water partition coefficient (Wildman–Crippen LogP) is 3.38. The van der Waals surface area contributed by atoms with E-state index < -0.39 is 17.6 Å². The molecule has 4 rings (SSSR count). The molecule has 0 bridgehead atoms. The van der Waals surface area contributed by atoms with Gasteiger partial charge in [-0.25, -0.2) is 8.78 Å². The van der Waals surface area contributed by atoms with Gasteiger partial charge in [-0.2, -0.15) is 9.78 Å². The number of nitrogens with one attached hydrogen (secondary N) is 1. The van der Waals surface area contributed by atoms with Crippen LogP contribution in [0, 0.1) is 18.6 Å². The van der Waals surface area contributed by atoms with Crippen LogP contribution in [0.15, 0.2) is 30.3 Å². The zero-order chi connectivity index (χ0) is 18.4. The molecule has 1 aliphatic rings. The summed E-state index contributed by atoms with van der Waals surface area (Å²) in [6.07, 6.45) is -0.00774. The third-order valence-electron chi connectivity index (χ3n) is 4.27. The monoisotopic (exact) mass is 375 g/mol. The van der Waals surface area contributed by atoms with Crippen molar-refractivity contribution in [1.29, 1.82) is 0 Å². The Balaban J connectivity index is 1.90. The third kappa shape index (κ3) is 2.72. The minimum atomic E-state index is -0.650. The standard InChI is InChI=1S/C17H12ClF2N5O/c1-8-16-11(10-6-9(19)2-3-12(10)20)7-15(26)21-17(16)25(24-8)14-5-4-13(18)22-23-14/h2-6,11H,7H2,1H3,(H,21,26). The van der Waals surface area contributed by atoms with E-state index in [1.54, 1.807) is 19.1 Å². The molecule has 2 aromatic heterocycles. The topological polar surface area (TPSA) is 72.7 Å². The summed E-state index contributed by atoms with van der Waals surface area (Å²) in [5.74, 6) is -1.40. The number of aromatic nitrogens is 4. The van der Waals surface area contributed by atoms with Crippen LogP contribution >= 0.6 is 11.6 Å². The molecule has 6 nitrogen and oxygen atoms in total. The first-order valence-electron chi connectivity index (χ1n) is 7.78. The minimum Gasteiger partial charge on any atom is -0.310 e. The summed E-state index contributed by atoms with van der Waals surface area (Å²) in [4.78, 5) is 12.2. The summed E-state index contributed by atoms with van der Waals surface area (Å²) in [5.41, 5.74) is 1.31. The zero-order valence-corrected chi connectivity index (χ0v) is 14.3. The third-order valence-corrected chi connectivity index (χ3v) is 4.47. The smallest absolute Gasteiger partial charge is 0.226 e. The van der Waals surface area contributed by atoms with Crippen molar-refractivity contribution in [3.63, 3.8) is 0 Å². The van der Waals surface area contributed by atoms with E-state index in [0.717, 1.165) is 18.2 Å². The van der Waals surface area contributed by atoms with E-state index in [1.807, 2.05) is 0 Å². The predicted molar refractivity (Wildman–Crippen MR) is 90.3 cm³/mol. The van der Waals surface area contributed by atoms with Gasteiger partial charge in [0, 0.05) is 17.9 Å². The Morgan fingerprint density at radius 1 is 1.23 bits per heavy atom. The summed E-state index contributed by atoms with van der Waals surface area (Å²) in [5, 5.41) is 15.1. The molecule has 1 atom stereocenters. The Bertz CT molecular complexity index is 1020. The van der Waals surface area contributed by atoms with Gasteiger partial charge >= 0.3 is 0 Å². The first-order valence-corrected chi connectivity index (χ1v) is 8.15. The van der Waals surface area contributed by atoms with Crippen LogP contribution in [0.3, 0.4) is 0 Å². The van der Waals surface area contributed by atoms with E-state index in [2.05, 4.69) is 20.6 Å². The molecular weight excluding hydrogens is 364 g/mol. The van der Waals surface area contributed by atoms with Gasteiger partial charge in [0.1, 0.15) is 17.5 Å². The molecule has 26 heavy (non-hydrogen) atoms. The fourth-order valence-electron chi connectivity index (χ4n) is 3.18. The molecule has 0 aliphatic carbocycles. The number of nitrogens with zero attached hydrogens (tertiary/aromatic N) is 4. The molecule has 0 radical (unpaired) electrons. The Morgan fingerprint density at radius 2 is 2.04 bits per heavy atom. The van der Waals surface area contributed by atoms with Gasteiger partial charge in [-0.05, 0) is 42.8 Å². The van der Waals surface area contributed by atoms with Crippen molar-refractivity contribution in [3.8, 4) is 5.82 Å².